The number of ether oxygens (including phenoxy) is 1. The molecule has 160 valence electrons. The van der Waals surface area contributed by atoms with Gasteiger partial charge in [0.1, 0.15) is 5.75 Å². The Bertz CT molecular complexity index is 764. The number of halogens is 2. The van der Waals surface area contributed by atoms with Crippen LogP contribution in [0.25, 0.3) is 0 Å². The molecule has 0 heterocycles. The zero-order valence-corrected chi connectivity index (χ0v) is 18.0. The molecule has 3 rings (SSSR count). The average Bonchev–Trinajstić information content (AvgIpc) is 2.74. The number of rotatable bonds is 8. The van der Waals surface area contributed by atoms with Crippen LogP contribution in [0.4, 0.5) is 5.69 Å². The lowest BCUT2D eigenvalue weighted by atomic mass is 9.91. The minimum Gasteiger partial charge on any atom is -0.484 e. The second-order valence-electron chi connectivity index (χ2n) is 7.29. The van der Waals surface area contributed by atoms with Crippen molar-refractivity contribution < 1.29 is 14.3 Å². The maximum Gasteiger partial charge on any atom is 0.258 e. The first kappa shape index (κ1) is 22.2. The monoisotopic (exact) mass is 449 g/mol. The van der Waals surface area contributed by atoms with E-state index in [2.05, 4.69) is 16.0 Å². The van der Waals surface area contributed by atoms with E-state index >= 15 is 0 Å². The summed E-state index contributed by atoms with van der Waals surface area (Å²) >= 11 is 11.7. The van der Waals surface area contributed by atoms with Crippen molar-refractivity contribution in [2.45, 2.75) is 37.8 Å². The van der Waals surface area contributed by atoms with Crippen molar-refractivity contribution >= 4 is 40.7 Å². The molecular weight excluding hydrogens is 425 g/mol. The maximum absolute atomic E-state index is 12.2. The van der Waals surface area contributed by atoms with Gasteiger partial charge in [0.25, 0.3) is 5.91 Å². The molecule has 0 spiro atoms. The van der Waals surface area contributed by atoms with Gasteiger partial charge in [-0.05, 0) is 74.2 Å². The van der Waals surface area contributed by atoms with Crippen LogP contribution in [0.15, 0.2) is 48.5 Å². The van der Waals surface area contributed by atoms with Crippen molar-refractivity contribution in [3.8, 4) is 5.75 Å². The molecule has 0 bridgehead atoms. The molecule has 3 N–H and O–H groups in total. The standard InChI is InChI=1S/C22H25Cl2N3O3/c23-15-1-5-17(6-2-15)25-13-21(28)26-18-7-9-19(10-8-18)27-22(29)14-30-20-11-3-16(24)4-12-20/h1-6,11-12,18-19,25H,7-10,13-14H2,(H,26,28)(H,27,29). The van der Waals surface area contributed by atoms with Crippen molar-refractivity contribution in [3.63, 3.8) is 0 Å². The molecule has 0 aromatic heterocycles. The largest absolute Gasteiger partial charge is 0.484 e. The molecule has 2 aromatic rings. The fourth-order valence-electron chi connectivity index (χ4n) is 3.36. The normalized spacial score (nSPS) is 18.3. The van der Waals surface area contributed by atoms with Crippen LogP contribution >= 0.6 is 23.2 Å². The number of hydrogen-bond acceptors (Lipinski definition) is 4. The van der Waals surface area contributed by atoms with E-state index in [1.807, 2.05) is 12.1 Å². The van der Waals surface area contributed by atoms with E-state index in [9.17, 15) is 9.59 Å². The second-order valence-corrected chi connectivity index (χ2v) is 8.16. The Morgan fingerprint density at radius 2 is 1.30 bits per heavy atom. The highest BCUT2D eigenvalue weighted by molar-refractivity contribution is 6.30. The first-order valence-corrected chi connectivity index (χ1v) is 10.7. The molecule has 0 atom stereocenters. The molecule has 2 aromatic carbocycles. The van der Waals surface area contributed by atoms with Crippen molar-refractivity contribution in [2.24, 2.45) is 0 Å². The molecule has 0 radical (unpaired) electrons. The van der Waals surface area contributed by atoms with Gasteiger partial charge in [0.05, 0.1) is 6.54 Å². The predicted octanol–water partition coefficient (Wildman–Crippen LogP) is 4.03. The number of carbonyl (C=O) groups excluding carboxylic acids is 2. The Kier molecular flexibility index (Phi) is 8.22. The molecular formula is C22H25Cl2N3O3. The van der Waals surface area contributed by atoms with E-state index in [0.717, 1.165) is 31.4 Å². The quantitative estimate of drug-likeness (QED) is 0.568. The van der Waals surface area contributed by atoms with Crippen molar-refractivity contribution in [3.05, 3.63) is 58.6 Å². The van der Waals surface area contributed by atoms with E-state index < -0.39 is 0 Å². The van der Waals surface area contributed by atoms with Crippen molar-refractivity contribution in [1.29, 1.82) is 0 Å². The Labute approximate surface area is 186 Å². The summed E-state index contributed by atoms with van der Waals surface area (Å²) in [5, 5.41) is 10.4. The van der Waals surface area contributed by atoms with Crippen molar-refractivity contribution in [1.82, 2.24) is 10.6 Å². The third-order valence-electron chi connectivity index (χ3n) is 4.94. The summed E-state index contributed by atoms with van der Waals surface area (Å²) in [6, 6.07) is 14.3. The molecule has 0 aliphatic heterocycles. The highest BCUT2D eigenvalue weighted by atomic mass is 35.5. The summed E-state index contributed by atoms with van der Waals surface area (Å²) in [6.07, 6.45) is 3.30. The lowest BCUT2D eigenvalue weighted by Gasteiger charge is -2.29. The van der Waals surface area contributed by atoms with Crippen LogP contribution in [0.5, 0.6) is 5.75 Å². The number of anilines is 1. The van der Waals surface area contributed by atoms with Gasteiger partial charge in [0.2, 0.25) is 5.91 Å². The lowest BCUT2D eigenvalue weighted by molar-refractivity contribution is -0.124. The van der Waals surface area contributed by atoms with Crippen LogP contribution in [-0.4, -0.2) is 37.0 Å². The lowest BCUT2D eigenvalue weighted by Crippen LogP contribution is -2.45. The predicted molar refractivity (Wildman–Crippen MR) is 119 cm³/mol. The van der Waals surface area contributed by atoms with E-state index in [4.69, 9.17) is 27.9 Å². The number of nitrogens with one attached hydrogen (secondary N) is 3. The summed E-state index contributed by atoms with van der Waals surface area (Å²) in [6.45, 7) is 0.176. The van der Waals surface area contributed by atoms with Crippen LogP contribution in [0.3, 0.4) is 0 Å². The SMILES string of the molecule is O=C(CNc1ccc(Cl)cc1)NC1CCC(NC(=O)COc2ccc(Cl)cc2)CC1. The summed E-state index contributed by atoms with van der Waals surface area (Å²) in [5.41, 5.74) is 0.849. The van der Waals surface area contributed by atoms with Gasteiger partial charge in [-0.15, -0.1) is 0 Å². The Morgan fingerprint density at radius 3 is 1.87 bits per heavy atom. The number of amides is 2. The third-order valence-corrected chi connectivity index (χ3v) is 5.44. The molecule has 1 fully saturated rings. The Hall–Kier alpha value is -2.44. The van der Waals surface area contributed by atoms with E-state index in [1.165, 1.54) is 0 Å². The van der Waals surface area contributed by atoms with E-state index in [1.54, 1.807) is 36.4 Å². The van der Waals surface area contributed by atoms with E-state index in [0.29, 0.717) is 15.8 Å². The molecule has 0 unspecified atom stereocenters. The molecule has 30 heavy (non-hydrogen) atoms. The number of carbonyl (C=O) groups is 2. The summed E-state index contributed by atoms with van der Waals surface area (Å²) in [7, 11) is 0. The number of benzene rings is 2. The van der Waals surface area contributed by atoms with Crippen molar-refractivity contribution in [2.75, 3.05) is 18.5 Å². The van der Waals surface area contributed by atoms with Gasteiger partial charge in [0, 0.05) is 27.8 Å². The molecule has 6 nitrogen and oxygen atoms in total. The molecule has 1 aliphatic rings. The fourth-order valence-corrected chi connectivity index (χ4v) is 3.61. The van der Waals surface area contributed by atoms with Gasteiger partial charge in [-0.2, -0.15) is 0 Å². The maximum atomic E-state index is 12.2. The van der Waals surface area contributed by atoms with Crippen LogP contribution in [0.1, 0.15) is 25.7 Å². The highest BCUT2D eigenvalue weighted by Gasteiger charge is 2.23. The van der Waals surface area contributed by atoms with Crippen LogP contribution in [-0.2, 0) is 9.59 Å². The first-order valence-electron chi connectivity index (χ1n) is 9.94. The van der Waals surface area contributed by atoms with Gasteiger partial charge < -0.3 is 20.7 Å². The topological polar surface area (TPSA) is 79.5 Å². The molecule has 1 aliphatic carbocycles. The average molecular weight is 450 g/mol. The zero-order valence-electron chi connectivity index (χ0n) is 16.5. The van der Waals surface area contributed by atoms with Crippen LogP contribution in [0.2, 0.25) is 10.0 Å². The minimum absolute atomic E-state index is 0.0331. The summed E-state index contributed by atoms with van der Waals surface area (Å²) < 4.78 is 5.47. The first-order chi connectivity index (χ1) is 14.5. The van der Waals surface area contributed by atoms with Gasteiger partial charge in [0.15, 0.2) is 6.61 Å². The Balaban J connectivity index is 1.31. The molecule has 0 saturated heterocycles. The Morgan fingerprint density at radius 1 is 0.800 bits per heavy atom. The fraction of sp³-hybridized carbons (Fsp3) is 0.364. The van der Waals surface area contributed by atoms with Crippen LogP contribution in [0, 0.1) is 0 Å². The van der Waals surface area contributed by atoms with Gasteiger partial charge in [-0.1, -0.05) is 23.2 Å². The zero-order chi connectivity index (χ0) is 21.3. The molecule has 8 heteroatoms. The molecule has 1 saturated carbocycles. The van der Waals surface area contributed by atoms with Gasteiger partial charge in [-0.3, -0.25) is 9.59 Å². The third kappa shape index (κ3) is 7.43. The number of hydrogen-bond donors (Lipinski definition) is 3. The summed E-state index contributed by atoms with van der Waals surface area (Å²) in [4.78, 5) is 24.3. The van der Waals surface area contributed by atoms with Gasteiger partial charge >= 0.3 is 0 Å². The van der Waals surface area contributed by atoms with E-state index in [-0.39, 0.29) is 37.0 Å². The summed E-state index contributed by atoms with van der Waals surface area (Å²) in [5.74, 6) is 0.409. The van der Waals surface area contributed by atoms with Crippen LogP contribution < -0.4 is 20.7 Å². The highest BCUT2D eigenvalue weighted by Crippen LogP contribution is 2.19. The minimum atomic E-state index is -0.149. The second kappa shape index (κ2) is 11.1. The van der Waals surface area contributed by atoms with Gasteiger partial charge in [-0.25, -0.2) is 0 Å². The smallest absolute Gasteiger partial charge is 0.258 e. The molecule has 2 amide bonds.